The molecule has 0 heterocycles. The van der Waals surface area contributed by atoms with E-state index < -0.39 is 0 Å². The molecular formula is C24H33N5O3. The standard InChI is InChI=1S/C24H33N5O3/c1-7-24(31-16-22-17(2)9-8-10-23(22)29(5)25)27-26-18(3)19(4)28-32-15-20-11-13-21(30-6)14-12-20/h8-14H,7,15-16,25H2,1-6H3. The van der Waals surface area contributed by atoms with Gasteiger partial charge in [0.25, 0.3) is 0 Å². The molecule has 0 aliphatic rings. The molecule has 0 spiro atoms. The highest BCUT2D eigenvalue weighted by atomic mass is 16.6. The molecule has 0 aromatic heterocycles. The van der Waals surface area contributed by atoms with E-state index in [1.165, 1.54) is 0 Å². The van der Waals surface area contributed by atoms with Gasteiger partial charge in [-0.3, -0.25) is 0 Å². The zero-order valence-electron chi connectivity index (χ0n) is 19.8. The van der Waals surface area contributed by atoms with Crippen LogP contribution in [0.4, 0.5) is 5.69 Å². The van der Waals surface area contributed by atoms with E-state index in [4.69, 9.17) is 20.2 Å². The quantitative estimate of drug-likeness (QED) is 0.253. The highest BCUT2D eigenvalue weighted by Gasteiger charge is 2.10. The van der Waals surface area contributed by atoms with Crippen molar-refractivity contribution < 1.29 is 14.3 Å². The first kappa shape index (κ1) is 24.9. The summed E-state index contributed by atoms with van der Waals surface area (Å²) in [5.41, 5.74) is 5.32. The maximum Gasteiger partial charge on any atom is 0.208 e. The van der Waals surface area contributed by atoms with E-state index in [0.717, 1.165) is 28.1 Å². The van der Waals surface area contributed by atoms with Gasteiger partial charge in [0.15, 0.2) is 0 Å². The van der Waals surface area contributed by atoms with Crippen LogP contribution in [0.3, 0.4) is 0 Å². The lowest BCUT2D eigenvalue weighted by Crippen LogP contribution is -2.26. The Morgan fingerprint density at radius 2 is 1.72 bits per heavy atom. The molecule has 0 unspecified atom stereocenters. The molecule has 2 aromatic rings. The number of aryl methyl sites for hydroxylation is 1. The van der Waals surface area contributed by atoms with Gasteiger partial charge in [-0.1, -0.05) is 36.3 Å². The van der Waals surface area contributed by atoms with Gasteiger partial charge < -0.3 is 19.3 Å². The number of oxime groups is 1. The number of anilines is 1. The van der Waals surface area contributed by atoms with Crippen LogP contribution in [-0.4, -0.2) is 31.5 Å². The van der Waals surface area contributed by atoms with Crippen molar-refractivity contribution in [2.75, 3.05) is 19.2 Å². The van der Waals surface area contributed by atoms with E-state index in [-0.39, 0.29) is 0 Å². The summed E-state index contributed by atoms with van der Waals surface area (Å²) in [5.74, 6) is 7.27. The van der Waals surface area contributed by atoms with Crippen molar-refractivity contribution in [3.63, 3.8) is 0 Å². The van der Waals surface area contributed by atoms with Crippen LogP contribution in [0.1, 0.15) is 43.9 Å². The average Bonchev–Trinajstić information content (AvgIpc) is 2.79. The summed E-state index contributed by atoms with van der Waals surface area (Å²) in [6.07, 6.45) is 0.612. The smallest absolute Gasteiger partial charge is 0.208 e. The third-order valence-corrected chi connectivity index (χ3v) is 4.88. The second-order valence-electron chi connectivity index (χ2n) is 7.30. The molecule has 2 rings (SSSR count). The van der Waals surface area contributed by atoms with Gasteiger partial charge in [-0.15, -0.1) is 5.10 Å². The van der Waals surface area contributed by atoms with Crippen LogP contribution in [-0.2, 0) is 22.8 Å². The van der Waals surface area contributed by atoms with E-state index in [2.05, 4.69) is 15.4 Å². The minimum Gasteiger partial charge on any atom is -0.497 e. The Labute approximate surface area is 190 Å². The van der Waals surface area contributed by atoms with Crippen molar-refractivity contribution in [1.29, 1.82) is 0 Å². The highest BCUT2D eigenvalue weighted by Crippen LogP contribution is 2.22. The van der Waals surface area contributed by atoms with Crippen LogP contribution in [0.15, 0.2) is 57.8 Å². The Morgan fingerprint density at radius 1 is 1.00 bits per heavy atom. The molecule has 0 radical (unpaired) electrons. The summed E-state index contributed by atoms with van der Waals surface area (Å²) in [5, 5.41) is 14.2. The Morgan fingerprint density at radius 3 is 2.34 bits per heavy atom. The van der Waals surface area contributed by atoms with Crippen molar-refractivity contribution in [3.05, 3.63) is 59.2 Å². The van der Waals surface area contributed by atoms with Gasteiger partial charge in [0, 0.05) is 19.0 Å². The fourth-order valence-electron chi connectivity index (χ4n) is 2.76. The zero-order chi connectivity index (χ0) is 23.5. The molecule has 0 bridgehead atoms. The lowest BCUT2D eigenvalue weighted by atomic mass is 10.1. The maximum atomic E-state index is 5.94. The maximum absolute atomic E-state index is 5.94. The Kier molecular flexibility index (Phi) is 9.69. The predicted molar refractivity (Wildman–Crippen MR) is 130 cm³/mol. The van der Waals surface area contributed by atoms with Crippen molar-refractivity contribution in [2.24, 2.45) is 21.2 Å². The number of hydrogen-bond donors (Lipinski definition) is 1. The van der Waals surface area contributed by atoms with E-state index in [9.17, 15) is 0 Å². The minimum absolute atomic E-state index is 0.357. The molecular weight excluding hydrogens is 406 g/mol. The molecule has 2 aromatic carbocycles. The van der Waals surface area contributed by atoms with Crippen molar-refractivity contribution in [1.82, 2.24) is 0 Å². The second-order valence-corrected chi connectivity index (χ2v) is 7.30. The van der Waals surface area contributed by atoms with Crippen molar-refractivity contribution in [3.8, 4) is 5.75 Å². The van der Waals surface area contributed by atoms with Gasteiger partial charge in [0.05, 0.1) is 24.2 Å². The average molecular weight is 440 g/mol. The summed E-state index contributed by atoms with van der Waals surface area (Å²) in [4.78, 5) is 5.43. The number of nitrogens with zero attached hydrogens (tertiary/aromatic N) is 4. The monoisotopic (exact) mass is 439 g/mol. The summed E-state index contributed by atoms with van der Waals surface area (Å²) in [6, 6.07) is 13.6. The van der Waals surface area contributed by atoms with Crippen LogP contribution < -0.4 is 15.6 Å². The Hall–Kier alpha value is -3.39. The third kappa shape index (κ3) is 7.39. The van der Waals surface area contributed by atoms with Gasteiger partial charge in [0.2, 0.25) is 5.90 Å². The predicted octanol–water partition coefficient (Wildman–Crippen LogP) is 4.61. The Bertz CT molecular complexity index is 966. The number of benzene rings is 2. The van der Waals surface area contributed by atoms with Crippen molar-refractivity contribution >= 4 is 23.0 Å². The molecule has 2 N–H and O–H groups in total. The first-order valence-electron chi connectivity index (χ1n) is 10.5. The van der Waals surface area contributed by atoms with Gasteiger partial charge in [-0.05, 0) is 50.1 Å². The first-order valence-corrected chi connectivity index (χ1v) is 10.5. The first-order chi connectivity index (χ1) is 15.3. The number of methoxy groups -OCH3 is 1. The van der Waals surface area contributed by atoms with Crippen LogP contribution in [0.5, 0.6) is 5.75 Å². The van der Waals surface area contributed by atoms with Crippen LogP contribution in [0, 0.1) is 6.92 Å². The summed E-state index contributed by atoms with van der Waals surface area (Å²) >= 11 is 0. The van der Waals surface area contributed by atoms with Gasteiger partial charge in [-0.25, -0.2) is 5.84 Å². The van der Waals surface area contributed by atoms with Crippen LogP contribution in [0.25, 0.3) is 0 Å². The van der Waals surface area contributed by atoms with E-state index >= 15 is 0 Å². The van der Waals surface area contributed by atoms with Gasteiger partial charge >= 0.3 is 0 Å². The lowest BCUT2D eigenvalue weighted by molar-refractivity contribution is 0.131. The number of nitrogens with two attached hydrogens (primary N) is 1. The van der Waals surface area contributed by atoms with E-state index in [1.807, 2.05) is 70.2 Å². The topological polar surface area (TPSA) is 94.0 Å². The second kappa shape index (κ2) is 12.5. The highest BCUT2D eigenvalue weighted by molar-refractivity contribution is 6.40. The molecule has 0 aliphatic heterocycles. The molecule has 0 atom stereocenters. The zero-order valence-corrected chi connectivity index (χ0v) is 19.8. The molecule has 0 aliphatic carbocycles. The normalized spacial score (nSPS) is 12.5. The molecule has 0 saturated carbocycles. The number of ether oxygens (including phenoxy) is 2. The number of hydrogen-bond acceptors (Lipinski definition) is 8. The minimum atomic E-state index is 0.357. The van der Waals surface area contributed by atoms with E-state index in [1.54, 1.807) is 19.2 Å². The molecule has 8 heteroatoms. The SMILES string of the molecule is CCC(=NN=C(C)C(C)=NOCc1ccc(OC)cc1)OCc1c(C)cccc1N(C)N. The molecule has 0 amide bonds. The van der Waals surface area contributed by atoms with Crippen LogP contribution in [0.2, 0.25) is 0 Å². The summed E-state index contributed by atoms with van der Waals surface area (Å²) in [6.45, 7) is 8.37. The molecule has 32 heavy (non-hydrogen) atoms. The van der Waals surface area contributed by atoms with Crippen molar-refractivity contribution in [2.45, 2.75) is 47.3 Å². The Balaban J connectivity index is 1.98. The van der Waals surface area contributed by atoms with E-state index in [0.29, 0.717) is 37.0 Å². The molecule has 0 saturated heterocycles. The van der Waals surface area contributed by atoms with Gasteiger partial charge in [-0.2, -0.15) is 5.10 Å². The lowest BCUT2D eigenvalue weighted by Gasteiger charge is -2.19. The largest absolute Gasteiger partial charge is 0.497 e. The third-order valence-electron chi connectivity index (χ3n) is 4.88. The number of rotatable bonds is 10. The molecule has 172 valence electrons. The summed E-state index contributed by atoms with van der Waals surface area (Å²) < 4.78 is 11.1. The summed E-state index contributed by atoms with van der Waals surface area (Å²) in [7, 11) is 3.44. The molecule has 8 nitrogen and oxygen atoms in total. The fraction of sp³-hybridized carbons (Fsp3) is 0.375. The molecule has 0 fully saturated rings. The van der Waals surface area contributed by atoms with Gasteiger partial charge in [0.1, 0.15) is 19.0 Å². The van der Waals surface area contributed by atoms with Crippen LogP contribution >= 0.6 is 0 Å². The number of hydrazine groups is 1. The fourth-order valence-corrected chi connectivity index (χ4v) is 2.76.